The first-order valence-corrected chi connectivity index (χ1v) is 6.88. The number of aliphatic hydroxyl groups excluding tert-OH is 1. The van der Waals surface area contributed by atoms with Crippen molar-refractivity contribution in [3.05, 3.63) is 0 Å². The average molecular weight is 286 g/mol. The molecular weight excluding hydrogens is 264 g/mol. The number of aliphatic carboxylic acids is 1. The van der Waals surface area contributed by atoms with Crippen molar-refractivity contribution in [3.8, 4) is 0 Å². The number of carboxylic acid groups (broad SMARTS) is 1. The molecule has 2 rings (SSSR count). The average Bonchev–Trinajstić information content (AvgIpc) is 2.80. The smallest absolute Gasteiger partial charge is 0.326 e. The topological polar surface area (TPSA) is 90.3 Å². The number of β-amino-alcohol motifs (C(OH)–C–C–N with tert-alkyl or cyclic N) is 1. The SMILES string of the molecule is COC1(C)CCCN(C(=O)N2CC(O)CC2C(=O)O)C1. The van der Waals surface area contributed by atoms with E-state index in [2.05, 4.69) is 0 Å². The second kappa shape index (κ2) is 5.57. The van der Waals surface area contributed by atoms with Crippen molar-refractivity contribution in [1.82, 2.24) is 9.80 Å². The lowest BCUT2D eigenvalue weighted by Gasteiger charge is -2.41. The zero-order chi connectivity index (χ0) is 14.9. The molecule has 2 heterocycles. The van der Waals surface area contributed by atoms with Gasteiger partial charge in [0.1, 0.15) is 6.04 Å². The summed E-state index contributed by atoms with van der Waals surface area (Å²) in [5.74, 6) is -1.07. The number of piperidine rings is 1. The maximum absolute atomic E-state index is 12.5. The van der Waals surface area contributed by atoms with E-state index >= 15 is 0 Å². The molecule has 0 bridgehead atoms. The van der Waals surface area contributed by atoms with Crippen LogP contribution in [0.5, 0.6) is 0 Å². The van der Waals surface area contributed by atoms with E-state index in [1.54, 1.807) is 12.0 Å². The van der Waals surface area contributed by atoms with Gasteiger partial charge in [-0.15, -0.1) is 0 Å². The monoisotopic (exact) mass is 286 g/mol. The molecule has 0 aromatic rings. The fraction of sp³-hybridized carbons (Fsp3) is 0.846. The molecule has 0 aromatic carbocycles. The minimum atomic E-state index is -1.07. The molecule has 7 nitrogen and oxygen atoms in total. The second-order valence-electron chi connectivity index (χ2n) is 5.86. The number of urea groups is 1. The molecule has 2 fully saturated rings. The van der Waals surface area contributed by atoms with E-state index in [4.69, 9.17) is 9.84 Å². The predicted octanol–water partition coefficient (Wildman–Crippen LogP) is 0.127. The molecular formula is C13H22N2O5. The normalized spacial score (nSPS) is 34.4. The summed E-state index contributed by atoms with van der Waals surface area (Å²) in [5.41, 5.74) is -0.384. The van der Waals surface area contributed by atoms with Crippen LogP contribution in [0.15, 0.2) is 0 Å². The molecule has 0 radical (unpaired) electrons. The molecule has 7 heteroatoms. The Hall–Kier alpha value is -1.34. The lowest BCUT2D eigenvalue weighted by molar-refractivity contribution is -0.141. The van der Waals surface area contributed by atoms with Crippen LogP contribution in [0.1, 0.15) is 26.2 Å². The molecule has 0 saturated carbocycles. The van der Waals surface area contributed by atoms with Gasteiger partial charge in [0.25, 0.3) is 0 Å². The highest BCUT2D eigenvalue weighted by molar-refractivity contribution is 5.83. The zero-order valence-corrected chi connectivity index (χ0v) is 11.9. The van der Waals surface area contributed by atoms with Crippen LogP contribution in [0.2, 0.25) is 0 Å². The fourth-order valence-electron chi connectivity index (χ4n) is 2.98. The van der Waals surface area contributed by atoms with Gasteiger partial charge in [0.2, 0.25) is 0 Å². The number of hydrogen-bond acceptors (Lipinski definition) is 4. The molecule has 0 aliphatic carbocycles. The number of carbonyl (C=O) groups is 2. The standard InChI is InChI=1S/C13H22N2O5/c1-13(20-2)4-3-5-14(8-13)12(19)15-7-9(16)6-10(15)11(17)18/h9-10,16H,3-8H2,1-2H3,(H,17,18). The van der Waals surface area contributed by atoms with Crippen molar-refractivity contribution in [3.63, 3.8) is 0 Å². The fourth-order valence-corrected chi connectivity index (χ4v) is 2.98. The van der Waals surface area contributed by atoms with Gasteiger partial charge >= 0.3 is 12.0 Å². The van der Waals surface area contributed by atoms with Crippen LogP contribution in [0.3, 0.4) is 0 Å². The van der Waals surface area contributed by atoms with E-state index in [0.717, 1.165) is 12.8 Å². The van der Waals surface area contributed by atoms with Crippen molar-refractivity contribution in [2.75, 3.05) is 26.7 Å². The van der Waals surface area contributed by atoms with Gasteiger partial charge in [0.15, 0.2) is 0 Å². The summed E-state index contributed by atoms with van der Waals surface area (Å²) >= 11 is 0. The molecule has 3 unspecified atom stereocenters. The second-order valence-corrected chi connectivity index (χ2v) is 5.86. The van der Waals surface area contributed by atoms with E-state index < -0.39 is 18.1 Å². The third-order valence-electron chi connectivity index (χ3n) is 4.23. The number of carboxylic acids is 1. The summed E-state index contributed by atoms with van der Waals surface area (Å²) in [4.78, 5) is 26.6. The number of aliphatic hydroxyl groups is 1. The van der Waals surface area contributed by atoms with Crippen LogP contribution in [-0.4, -0.2) is 76.5 Å². The van der Waals surface area contributed by atoms with E-state index in [-0.39, 0.29) is 24.6 Å². The van der Waals surface area contributed by atoms with Gasteiger partial charge in [0, 0.05) is 26.6 Å². The zero-order valence-electron chi connectivity index (χ0n) is 11.9. The van der Waals surface area contributed by atoms with Crippen LogP contribution in [0, 0.1) is 0 Å². The molecule has 0 spiro atoms. The largest absolute Gasteiger partial charge is 0.480 e. The lowest BCUT2D eigenvalue weighted by Crippen LogP contribution is -2.55. The predicted molar refractivity (Wildman–Crippen MR) is 70.4 cm³/mol. The molecule has 2 N–H and O–H groups in total. The van der Waals surface area contributed by atoms with E-state index in [1.165, 1.54) is 4.90 Å². The number of amides is 2. The number of likely N-dealkylation sites (tertiary alicyclic amines) is 2. The summed E-state index contributed by atoms with van der Waals surface area (Å²) < 4.78 is 5.44. The molecule has 2 amide bonds. The summed E-state index contributed by atoms with van der Waals surface area (Å²) in [6.45, 7) is 3.06. The van der Waals surface area contributed by atoms with Crippen LogP contribution in [0.25, 0.3) is 0 Å². The minimum Gasteiger partial charge on any atom is -0.480 e. The van der Waals surface area contributed by atoms with Gasteiger partial charge in [-0.2, -0.15) is 0 Å². The van der Waals surface area contributed by atoms with Gasteiger partial charge in [-0.05, 0) is 19.8 Å². The Morgan fingerprint density at radius 3 is 2.70 bits per heavy atom. The van der Waals surface area contributed by atoms with Crippen LogP contribution in [0.4, 0.5) is 4.79 Å². The quantitative estimate of drug-likeness (QED) is 0.753. The van der Waals surface area contributed by atoms with Gasteiger partial charge in [-0.25, -0.2) is 9.59 Å². The van der Waals surface area contributed by atoms with E-state index in [9.17, 15) is 14.7 Å². The maximum atomic E-state index is 12.5. The highest BCUT2D eigenvalue weighted by Gasteiger charge is 2.42. The van der Waals surface area contributed by atoms with Crippen LogP contribution >= 0.6 is 0 Å². The first-order valence-electron chi connectivity index (χ1n) is 6.88. The molecule has 20 heavy (non-hydrogen) atoms. The minimum absolute atomic E-state index is 0.0794. The Balaban J connectivity index is 2.08. The first kappa shape index (κ1) is 15.1. The first-order chi connectivity index (χ1) is 9.36. The molecule has 0 aromatic heterocycles. The molecule has 114 valence electrons. The maximum Gasteiger partial charge on any atom is 0.326 e. The highest BCUT2D eigenvalue weighted by Crippen LogP contribution is 2.27. The van der Waals surface area contributed by atoms with E-state index in [1.807, 2.05) is 6.92 Å². The van der Waals surface area contributed by atoms with Gasteiger partial charge in [-0.1, -0.05) is 0 Å². The van der Waals surface area contributed by atoms with Crippen LogP contribution < -0.4 is 0 Å². The number of carbonyl (C=O) groups excluding carboxylic acids is 1. The Morgan fingerprint density at radius 2 is 2.10 bits per heavy atom. The molecule has 2 aliphatic rings. The third-order valence-corrected chi connectivity index (χ3v) is 4.23. The van der Waals surface area contributed by atoms with E-state index in [0.29, 0.717) is 13.1 Å². The third kappa shape index (κ3) is 2.88. The Kier molecular flexibility index (Phi) is 4.19. The Labute approximate surface area is 118 Å². The number of rotatable bonds is 2. The van der Waals surface area contributed by atoms with Crippen molar-refractivity contribution < 1.29 is 24.5 Å². The van der Waals surface area contributed by atoms with Crippen molar-refractivity contribution in [1.29, 1.82) is 0 Å². The summed E-state index contributed by atoms with van der Waals surface area (Å²) in [7, 11) is 1.62. The number of ether oxygens (including phenoxy) is 1. The van der Waals surface area contributed by atoms with Gasteiger partial charge < -0.3 is 24.7 Å². The Bertz CT molecular complexity index is 402. The molecule has 2 saturated heterocycles. The summed E-state index contributed by atoms with van der Waals surface area (Å²) in [5, 5.41) is 18.8. The lowest BCUT2D eigenvalue weighted by atomic mass is 9.95. The van der Waals surface area contributed by atoms with Crippen LogP contribution in [-0.2, 0) is 9.53 Å². The van der Waals surface area contributed by atoms with Gasteiger partial charge in [0.05, 0.1) is 18.2 Å². The molecule has 3 atom stereocenters. The highest BCUT2D eigenvalue weighted by atomic mass is 16.5. The Morgan fingerprint density at radius 1 is 1.40 bits per heavy atom. The molecule has 2 aliphatic heterocycles. The van der Waals surface area contributed by atoms with Crippen molar-refractivity contribution >= 4 is 12.0 Å². The van der Waals surface area contributed by atoms with Crippen molar-refractivity contribution in [2.24, 2.45) is 0 Å². The van der Waals surface area contributed by atoms with Crippen molar-refractivity contribution in [2.45, 2.75) is 43.9 Å². The number of methoxy groups -OCH3 is 1. The number of hydrogen-bond donors (Lipinski definition) is 2. The number of nitrogens with zero attached hydrogens (tertiary/aromatic N) is 2. The summed E-state index contributed by atoms with van der Waals surface area (Å²) in [6, 6.07) is -1.26. The summed E-state index contributed by atoms with van der Waals surface area (Å²) in [6.07, 6.45) is 1.03. The van der Waals surface area contributed by atoms with Gasteiger partial charge in [-0.3, -0.25) is 0 Å².